The number of hydrogen-bond acceptors (Lipinski definition) is 3. The second-order valence-corrected chi connectivity index (χ2v) is 4.14. The van der Waals surface area contributed by atoms with Gasteiger partial charge in [-0.25, -0.2) is 4.79 Å². The molecule has 0 aliphatic heterocycles. The SMILES string of the molecule is O=Cc1ccc(Cl)cc1OC1(C(=O)O)CC1. The second-order valence-electron chi connectivity index (χ2n) is 3.70. The van der Waals surface area contributed by atoms with Crippen molar-refractivity contribution in [2.45, 2.75) is 18.4 Å². The zero-order valence-corrected chi connectivity index (χ0v) is 9.03. The minimum Gasteiger partial charge on any atom is -0.478 e. The van der Waals surface area contributed by atoms with Gasteiger partial charge in [0.2, 0.25) is 5.60 Å². The number of hydrogen-bond donors (Lipinski definition) is 1. The van der Waals surface area contributed by atoms with Gasteiger partial charge in [-0.2, -0.15) is 0 Å². The Bertz CT molecular complexity index is 451. The van der Waals surface area contributed by atoms with Crippen molar-refractivity contribution in [2.24, 2.45) is 0 Å². The van der Waals surface area contributed by atoms with E-state index < -0.39 is 11.6 Å². The summed E-state index contributed by atoms with van der Waals surface area (Å²) in [5.74, 6) is -0.785. The van der Waals surface area contributed by atoms with Gasteiger partial charge < -0.3 is 9.84 Å². The maximum Gasteiger partial charge on any atom is 0.348 e. The summed E-state index contributed by atoms with van der Waals surface area (Å²) in [5.41, 5.74) is -0.862. The molecule has 1 N–H and O–H groups in total. The van der Waals surface area contributed by atoms with Crippen molar-refractivity contribution in [1.29, 1.82) is 0 Å². The Labute approximate surface area is 96.8 Å². The second kappa shape index (κ2) is 3.79. The molecule has 1 aliphatic rings. The van der Waals surface area contributed by atoms with Gasteiger partial charge in [0.25, 0.3) is 0 Å². The van der Waals surface area contributed by atoms with Gasteiger partial charge >= 0.3 is 5.97 Å². The van der Waals surface area contributed by atoms with Crippen LogP contribution in [0.1, 0.15) is 23.2 Å². The van der Waals surface area contributed by atoms with Crippen molar-refractivity contribution >= 4 is 23.9 Å². The third kappa shape index (κ3) is 1.88. The average Bonchev–Trinajstić information content (AvgIpc) is 2.99. The summed E-state index contributed by atoms with van der Waals surface area (Å²) in [6, 6.07) is 4.51. The molecule has 16 heavy (non-hydrogen) atoms. The van der Waals surface area contributed by atoms with Crippen molar-refractivity contribution in [3.8, 4) is 5.75 Å². The molecule has 0 spiro atoms. The highest BCUT2D eigenvalue weighted by molar-refractivity contribution is 6.30. The molecule has 0 unspecified atom stereocenters. The third-order valence-electron chi connectivity index (χ3n) is 2.50. The normalized spacial score (nSPS) is 16.6. The molecular formula is C11H9ClO4. The van der Waals surface area contributed by atoms with E-state index in [0.29, 0.717) is 29.7 Å². The Hall–Kier alpha value is -1.55. The van der Waals surface area contributed by atoms with Gasteiger partial charge in [-0.1, -0.05) is 11.6 Å². The molecule has 84 valence electrons. The first-order valence-electron chi connectivity index (χ1n) is 4.74. The van der Waals surface area contributed by atoms with E-state index in [1.807, 2.05) is 0 Å². The highest BCUT2D eigenvalue weighted by Gasteiger charge is 2.53. The Kier molecular flexibility index (Phi) is 2.59. The maximum absolute atomic E-state index is 10.9. The fraction of sp³-hybridized carbons (Fsp3) is 0.273. The Balaban J connectivity index is 2.30. The highest BCUT2D eigenvalue weighted by Crippen LogP contribution is 2.41. The topological polar surface area (TPSA) is 63.6 Å². The van der Waals surface area contributed by atoms with Crippen LogP contribution in [0.3, 0.4) is 0 Å². The Morgan fingerprint density at radius 3 is 2.69 bits per heavy atom. The predicted octanol–water partition coefficient (Wildman–Crippen LogP) is 2.15. The van der Waals surface area contributed by atoms with Gasteiger partial charge in [-0.05, 0) is 18.2 Å². The number of halogens is 1. The van der Waals surface area contributed by atoms with E-state index in [0.717, 1.165) is 0 Å². The summed E-state index contributed by atoms with van der Waals surface area (Å²) in [4.78, 5) is 21.7. The minimum atomic E-state index is -1.16. The first kappa shape index (κ1) is 11.0. The van der Waals surface area contributed by atoms with E-state index in [1.165, 1.54) is 12.1 Å². The number of carbonyl (C=O) groups is 2. The molecule has 1 saturated carbocycles. The molecule has 1 aromatic carbocycles. The lowest BCUT2D eigenvalue weighted by atomic mass is 10.2. The molecule has 4 nitrogen and oxygen atoms in total. The van der Waals surface area contributed by atoms with E-state index in [1.54, 1.807) is 6.07 Å². The molecule has 0 bridgehead atoms. The number of carbonyl (C=O) groups excluding carboxylic acids is 1. The van der Waals surface area contributed by atoms with Gasteiger partial charge in [-0.3, -0.25) is 4.79 Å². The van der Waals surface area contributed by atoms with Crippen molar-refractivity contribution in [3.05, 3.63) is 28.8 Å². The zero-order chi connectivity index (χ0) is 11.8. The van der Waals surface area contributed by atoms with Crippen molar-refractivity contribution in [1.82, 2.24) is 0 Å². The van der Waals surface area contributed by atoms with E-state index >= 15 is 0 Å². The lowest BCUT2D eigenvalue weighted by Crippen LogP contribution is -2.29. The van der Waals surface area contributed by atoms with Crippen molar-refractivity contribution in [3.63, 3.8) is 0 Å². The van der Waals surface area contributed by atoms with E-state index in [-0.39, 0.29) is 5.75 Å². The average molecular weight is 241 g/mol. The fourth-order valence-corrected chi connectivity index (χ4v) is 1.54. The molecule has 0 saturated heterocycles. The van der Waals surface area contributed by atoms with Gasteiger partial charge in [0.15, 0.2) is 6.29 Å². The van der Waals surface area contributed by atoms with E-state index in [4.69, 9.17) is 21.4 Å². The van der Waals surface area contributed by atoms with Gasteiger partial charge in [0.05, 0.1) is 5.56 Å². The zero-order valence-electron chi connectivity index (χ0n) is 8.27. The fourth-order valence-electron chi connectivity index (χ4n) is 1.38. The third-order valence-corrected chi connectivity index (χ3v) is 2.74. The first-order chi connectivity index (χ1) is 7.57. The maximum atomic E-state index is 10.9. The van der Waals surface area contributed by atoms with E-state index in [9.17, 15) is 9.59 Å². The molecule has 0 radical (unpaired) electrons. The van der Waals surface area contributed by atoms with Gasteiger partial charge in [-0.15, -0.1) is 0 Å². The molecule has 5 heteroatoms. The summed E-state index contributed by atoms with van der Waals surface area (Å²) >= 11 is 5.76. The van der Waals surface area contributed by atoms with Crippen LogP contribution in [0.2, 0.25) is 5.02 Å². The predicted molar refractivity (Wildman–Crippen MR) is 57.1 cm³/mol. The smallest absolute Gasteiger partial charge is 0.348 e. The lowest BCUT2D eigenvalue weighted by Gasteiger charge is -2.14. The number of aliphatic carboxylic acids is 1. The Morgan fingerprint density at radius 1 is 1.50 bits per heavy atom. The standard InChI is InChI=1S/C11H9ClO4/c12-8-2-1-7(6-13)9(5-8)16-11(3-4-11)10(14)15/h1-2,5-6H,3-4H2,(H,14,15). The van der Waals surface area contributed by atoms with Crippen LogP contribution in [0.5, 0.6) is 5.75 Å². The lowest BCUT2D eigenvalue weighted by molar-refractivity contribution is -0.147. The summed E-state index contributed by atoms with van der Waals surface area (Å²) in [6.07, 6.45) is 1.52. The monoisotopic (exact) mass is 240 g/mol. The van der Waals surface area contributed by atoms with Crippen LogP contribution in [0.4, 0.5) is 0 Å². The number of carboxylic acids is 1. The first-order valence-corrected chi connectivity index (χ1v) is 5.12. The summed E-state index contributed by atoms with van der Waals surface area (Å²) in [7, 11) is 0. The molecule has 2 rings (SSSR count). The number of ether oxygens (including phenoxy) is 1. The quantitative estimate of drug-likeness (QED) is 0.819. The molecule has 1 aromatic rings. The number of benzene rings is 1. The van der Waals surface area contributed by atoms with Crippen LogP contribution in [0, 0.1) is 0 Å². The summed E-state index contributed by atoms with van der Waals surface area (Å²) < 4.78 is 5.36. The van der Waals surface area contributed by atoms with Crippen LogP contribution in [-0.2, 0) is 4.79 Å². The van der Waals surface area contributed by atoms with Gasteiger partial charge in [0, 0.05) is 17.9 Å². The van der Waals surface area contributed by atoms with Crippen LogP contribution < -0.4 is 4.74 Å². The van der Waals surface area contributed by atoms with Crippen LogP contribution >= 0.6 is 11.6 Å². The number of carboxylic acid groups (broad SMARTS) is 1. The molecular weight excluding hydrogens is 232 g/mol. The highest BCUT2D eigenvalue weighted by atomic mass is 35.5. The molecule has 0 heterocycles. The van der Waals surface area contributed by atoms with E-state index in [2.05, 4.69) is 0 Å². The molecule has 1 aliphatic carbocycles. The Morgan fingerprint density at radius 2 is 2.19 bits per heavy atom. The summed E-state index contributed by atoms with van der Waals surface area (Å²) in [6.45, 7) is 0. The molecule has 1 fully saturated rings. The number of aldehydes is 1. The number of rotatable bonds is 4. The van der Waals surface area contributed by atoms with Gasteiger partial charge in [0.1, 0.15) is 5.75 Å². The summed E-state index contributed by atoms with van der Waals surface area (Å²) in [5, 5.41) is 9.36. The van der Waals surface area contributed by atoms with Crippen LogP contribution in [0.25, 0.3) is 0 Å². The molecule has 0 aromatic heterocycles. The van der Waals surface area contributed by atoms with Crippen LogP contribution in [0.15, 0.2) is 18.2 Å². The molecule has 0 atom stereocenters. The van der Waals surface area contributed by atoms with Crippen molar-refractivity contribution in [2.75, 3.05) is 0 Å². The van der Waals surface area contributed by atoms with Crippen molar-refractivity contribution < 1.29 is 19.4 Å². The largest absolute Gasteiger partial charge is 0.478 e. The minimum absolute atomic E-state index is 0.224. The van der Waals surface area contributed by atoms with Crippen LogP contribution in [-0.4, -0.2) is 23.0 Å². The molecule has 0 amide bonds.